The van der Waals surface area contributed by atoms with Gasteiger partial charge in [0, 0.05) is 13.2 Å². The molecule has 2 N–H and O–H groups in total. The molecule has 0 bridgehead atoms. The van der Waals surface area contributed by atoms with E-state index < -0.39 is 6.10 Å². The molecule has 1 aliphatic rings. The maximum absolute atomic E-state index is 11.9. The highest BCUT2D eigenvalue weighted by Gasteiger charge is 2.29. The number of carbonyl (C=O) groups excluding carboxylic acids is 2. The largest absolute Gasteiger partial charge is 0.478 e. The molecule has 0 radical (unpaired) electrons. The standard InChI is InChI=1S/C14H14N4O3/c1-18-8-9(7-15-18)16-13(19)6-12-14(20)17-10-4-2-3-5-11(10)21-12/h2-5,7-8,12H,6H2,1H3,(H,16,19)(H,17,20). The third-order valence-corrected chi connectivity index (χ3v) is 3.07. The molecule has 1 aromatic carbocycles. The number of amides is 2. The van der Waals surface area contributed by atoms with Crippen LogP contribution in [0.4, 0.5) is 11.4 Å². The fourth-order valence-electron chi connectivity index (χ4n) is 2.09. The number of nitrogens with zero attached hydrogens (tertiary/aromatic N) is 2. The molecule has 21 heavy (non-hydrogen) atoms. The van der Waals surface area contributed by atoms with Gasteiger partial charge >= 0.3 is 0 Å². The summed E-state index contributed by atoms with van der Waals surface area (Å²) in [4.78, 5) is 23.9. The number of benzene rings is 1. The number of rotatable bonds is 3. The molecule has 1 unspecified atom stereocenters. The van der Waals surface area contributed by atoms with Crippen LogP contribution in [0.25, 0.3) is 0 Å². The van der Waals surface area contributed by atoms with Gasteiger partial charge in [0.2, 0.25) is 5.91 Å². The van der Waals surface area contributed by atoms with Crippen LogP contribution in [0.5, 0.6) is 5.75 Å². The maximum Gasteiger partial charge on any atom is 0.266 e. The van der Waals surface area contributed by atoms with Crippen LogP contribution in [-0.2, 0) is 16.6 Å². The molecule has 0 aliphatic carbocycles. The molecule has 0 saturated heterocycles. The van der Waals surface area contributed by atoms with Crippen LogP contribution < -0.4 is 15.4 Å². The first-order chi connectivity index (χ1) is 10.1. The molecule has 1 aromatic heterocycles. The van der Waals surface area contributed by atoms with E-state index in [0.29, 0.717) is 17.1 Å². The van der Waals surface area contributed by atoms with Crippen molar-refractivity contribution in [2.45, 2.75) is 12.5 Å². The molecule has 2 aromatic rings. The van der Waals surface area contributed by atoms with Crippen molar-refractivity contribution >= 4 is 23.2 Å². The Hall–Kier alpha value is -2.83. The number of carbonyl (C=O) groups is 2. The quantitative estimate of drug-likeness (QED) is 0.886. The summed E-state index contributed by atoms with van der Waals surface area (Å²) in [6.45, 7) is 0. The zero-order chi connectivity index (χ0) is 14.8. The first kappa shape index (κ1) is 13.2. The topological polar surface area (TPSA) is 85.3 Å². The Balaban J connectivity index is 1.65. The number of ether oxygens (including phenoxy) is 1. The van der Waals surface area contributed by atoms with Gasteiger partial charge in [-0.3, -0.25) is 14.3 Å². The van der Waals surface area contributed by atoms with E-state index in [1.54, 1.807) is 36.1 Å². The minimum atomic E-state index is -0.837. The van der Waals surface area contributed by atoms with E-state index in [2.05, 4.69) is 15.7 Å². The van der Waals surface area contributed by atoms with Gasteiger partial charge in [-0.2, -0.15) is 5.10 Å². The normalized spacial score (nSPS) is 16.6. The third kappa shape index (κ3) is 2.86. The van der Waals surface area contributed by atoms with E-state index in [1.165, 1.54) is 6.20 Å². The highest BCUT2D eigenvalue weighted by Crippen LogP contribution is 2.29. The van der Waals surface area contributed by atoms with Gasteiger partial charge in [-0.15, -0.1) is 0 Å². The summed E-state index contributed by atoms with van der Waals surface area (Å²) in [5, 5.41) is 9.35. The molecule has 1 atom stereocenters. The number of aryl methyl sites for hydroxylation is 1. The number of fused-ring (bicyclic) bond motifs is 1. The third-order valence-electron chi connectivity index (χ3n) is 3.07. The Labute approximate surface area is 120 Å². The Bertz CT molecular complexity index is 695. The minimum Gasteiger partial charge on any atom is -0.478 e. The maximum atomic E-state index is 11.9. The van der Waals surface area contributed by atoms with E-state index in [4.69, 9.17) is 4.74 Å². The summed E-state index contributed by atoms with van der Waals surface area (Å²) < 4.78 is 7.14. The molecule has 2 heterocycles. The van der Waals surface area contributed by atoms with Crippen LogP contribution in [-0.4, -0.2) is 27.7 Å². The van der Waals surface area contributed by atoms with E-state index in [0.717, 1.165) is 0 Å². The lowest BCUT2D eigenvalue weighted by Crippen LogP contribution is -2.39. The van der Waals surface area contributed by atoms with Gasteiger partial charge in [0.1, 0.15) is 5.75 Å². The van der Waals surface area contributed by atoms with Gasteiger partial charge in [0.15, 0.2) is 6.10 Å². The monoisotopic (exact) mass is 286 g/mol. The van der Waals surface area contributed by atoms with Crippen molar-refractivity contribution < 1.29 is 14.3 Å². The van der Waals surface area contributed by atoms with Crippen molar-refractivity contribution in [1.29, 1.82) is 0 Å². The molecule has 7 heteroatoms. The van der Waals surface area contributed by atoms with Gasteiger partial charge in [-0.25, -0.2) is 0 Å². The van der Waals surface area contributed by atoms with Gasteiger partial charge < -0.3 is 15.4 Å². The van der Waals surface area contributed by atoms with Crippen molar-refractivity contribution in [2.75, 3.05) is 10.6 Å². The number of para-hydroxylation sites is 2. The SMILES string of the molecule is Cn1cc(NC(=O)CC2Oc3ccccc3NC2=O)cn1. The molecule has 0 saturated carbocycles. The molecule has 3 rings (SSSR count). The Morgan fingerprint density at radius 1 is 1.48 bits per heavy atom. The summed E-state index contributed by atoms with van der Waals surface area (Å²) in [6.07, 6.45) is 2.32. The van der Waals surface area contributed by atoms with E-state index in [1.807, 2.05) is 6.07 Å². The van der Waals surface area contributed by atoms with Crippen LogP contribution >= 0.6 is 0 Å². The van der Waals surface area contributed by atoms with Crippen LogP contribution in [0, 0.1) is 0 Å². The molecular formula is C14H14N4O3. The minimum absolute atomic E-state index is 0.0605. The second kappa shape index (κ2) is 5.28. The highest BCUT2D eigenvalue weighted by atomic mass is 16.5. The average Bonchev–Trinajstić information content (AvgIpc) is 2.85. The van der Waals surface area contributed by atoms with E-state index in [9.17, 15) is 9.59 Å². The first-order valence-electron chi connectivity index (χ1n) is 6.47. The molecule has 0 spiro atoms. The van der Waals surface area contributed by atoms with E-state index >= 15 is 0 Å². The van der Waals surface area contributed by atoms with Gasteiger partial charge in [0.05, 0.1) is 24.0 Å². The van der Waals surface area contributed by atoms with Crippen LogP contribution in [0.3, 0.4) is 0 Å². The Morgan fingerprint density at radius 3 is 3.05 bits per heavy atom. The lowest BCUT2D eigenvalue weighted by atomic mass is 10.1. The molecule has 108 valence electrons. The second-order valence-electron chi connectivity index (χ2n) is 4.75. The van der Waals surface area contributed by atoms with Crippen LogP contribution in [0.15, 0.2) is 36.7 Å². The fourth-order valence-corrected chi connectivity index (χ4v) is 2.09. The first-order valence-corrected chi connectivity index (χ1v) is 6.47. The fraction of sp³-hybridized carbons (Fsp3) is 0.214. The zero-order valence-electron chi connectivity index (χ0n) is 11.4. The molecule has 7 nitrogen and oxygen atoms in total. The van der Waals surface area contributed by atoms with Crippen molar-refractivity contribution in [1.82, 2.24) is 9.78 Å². The highest BCUT2D eigenvalue weighted by molar-refractivity contribution is 6.01. The van der Waals surface area contributed by atoms with Crippen molar-refractivity contribution in [3.8, 4) is 5.75 Å². The van der Waals surface area contributed by atoms with Crippen molar-refractivity contribution in [3.05, 3.63) is 36.7 Å². The van der Waals surface area contributed by atoms with Gasteiger partial charge in [-0.05, 0) is 12.1 Å². The van der Waals surface area contributed by atoms with Gasteiger partial charge in [-0.1, -0.05) is 12.1 Å². The lowest BCUT2D eigenvalue weighted by molar-refractivity contribution is -0.128. The Morgan fingerprint density at radius 2 is 2.29 bits per heavy atom. The average molecular weight is 286 g/mol. The summed E-state index contributed by atoms with van der Waals surface area (Å²) in [5.41, 5.74) is 1.20. The molecule has 0 fully saturated rings. The predicted octanol–water partition coefficient (Wildman–Crippen LogP) is 1.15. The summed E-state index contributed by atoms with van der Waals surface area (Å²) in [7, 11) is 1.75. The number of hydrogen-bond donors (Lipinski definition) is 2. The smallest absolute Gasteiger partial charge is 0.266 e. The van der Waals surface area contributed by atoms with Crippen molar-refractivity contribution in [3.63, 3.8) is 0 Å². The van der Waals surface area contributed by atoms with Crippen LogP contribution in [0.1, 0.15) is 6.42 Å². The number of anilines is 2. The zero-order valence-corrected chi connectivity index (χ0v) is 11.4. The van der Waals surface area contributed by atoms with E-state index in [-0.39, 0.29) is 18.2 Å². The molecule has 1 aliphatic heterocycles. The van der Waals surface area contributed by atoms with Crippen molar-refractivity contribution in [2.24, 2.45) is 7.05 Å². The lowest BCUT2D eigenvalue weighted by Gasteiger charge is -2.25. The summed E-state index contributed by atoms with van der Waals surface area (Å²) in [6, 6.07) is 7.11. The molecule has 2 amide bonds. The Kier molecular flexibility index (Phi) is 3.31. The number of hydrogen-bond acceptors (Lipinski definition) is 4. The summed E-state index contributed by atoms with van der Waals surface area (Å²) in [5.74, 6) is -0.0613. The molecular weight excluding hydrogens is 272 g/mol. The number of aromatic nitrogens is 2. The number of nitrogens with one attached hydrogen (secondary N) is 2. The predicted molar refractivity (Wildman–Crippen MR) is 75.9 cm³/mol. The van der Waals surface area contributed by atoms with Crippen LogP contribution in [0.2, 0.25) is 0 Å². The van der Waals surface area contributed by atoms with Gasteiger partial charge in [0.25, 0.3) is 5.91 Å². The second-order valence-corrected chi connectivity index (χ2v) is 4.75. The summed E-state index contributed by atoms with van der Waals surface area (Å²) >= 11 is 0.